The van der Waals surface area contributed by atoms with E-state index in [9.17, 15) is 13.2 Å². The minimum atomic E-state index is -3.82. The highest BCUT2D eigenvalue weighted by molar-refractivity contribution is 7.92. The molecule has 3 aromatic rings. The lowest BCUT2D eigenvalue weighted by Crippen LogP contribution is -2.39. The second kappa shape index (κ2) is 9.79. The maximum absolute atomic E-state index is 13.2. The van der Waals surface area contributed by atoms with E-state index in [1.807, 2.05) is 30.0 Å². The first-order valence-electron chi connectivity index (χ1n) is 11.4. The summed E-state index contributed by atoms with van der Waals surface area (Å²) < 4.78 is 28.9. The zero-order chi connectivity index (χ0) is 23.4. The number of nitrogens with zero attached hydrogens (tertiary/aromatic N) is 1. The lowest BCUT2D eigenvalue weighted by atomic mass is 9.90. The summed E-state index contributed by atoms with van der Waals surface area (Å²) in [4.78, 5) is 15.2. The molecule has 4 rings (SSSR count). The Balaban J connectivity index is 1.46. The van der Waals surface area contributed by atoms with Gasteiger partial charge in [-0.1, -0.05) is 54.6 Å². The van der Waals surface area contributed by atoms with Crippen LogP contribution < -0.4 is 4.72 Å². The van der Waals surface area contributed by atoms with Crippen LogP contribution in [0.3, 0.4) is 0 Å². The standard InChI is InChI=1S/C27H30N2O3S/c1-20-8-6-7-11-25(20)28-33(31,32)26-19-24(13-12-21(26)2)27(30)29-16-14-23(15-17-29)18-22-9-4-3-5-10-22/h3-13,19,23,28H,14-18H2,1-2H3. The Bertz CT molecular complexity index is 1230. The largest absolute Gasteiger partial charge is 0.339 e. The minimum absolute atomic E-state index is 0.111. The van der Waals surface area contributed by atoms with Gasteiger partial charge in [0.25, 0.3) is 15.9 Å². The molecule has 0 bridgehead atoms. The predicted octanol–water partition coefficient (Wildman–Crippen LogP) is 5.20. The number of amides is 1. The van der Waals surface area contributed by atoms with Gasteiger partial charge in [0.05, 0.1) is 10.6 Å². The predicted molar refractivity (Wildman–Crippen MR) is 132 cm³/mol. The van der Waals surface area contributed by atoms with Crippen LogP contribution in [0.5, 0.6) is 0 Å². The van der Waals surface area contributed by atoms with Crippen molar-refractivity contribution in [3.8, 4) is 0 Å². The highest BCUT2D eigenvalue weighted by atomic mass is 32.2. The van der Waals surface area contributed by atoms with Crippen molar-refractivity contribution in [2.45, 2.75) is 38.0 Å². The number of carbonyl (C=O) groups excluding carboxylic acids is 1. The van der Waals surface area contributed by atoms with Crippen molar-refractivity contribution in [3.63, 3.8) is 0 Å². The smallest absolute Gasteiger partial charge is 0.262 e. The van der Waals surface area contributed by atoms with Crippen LogP contribution in [0.15, 0.2) is 77.7 Å². The topological polar surface area (TPSA) is 66.5 Å². The number of benzene rings is 3. The van der Waals surface area contributed by atoms with Crippen molar-refractivity contribution in [2.24, 2.45) is 5.92 Å². The number of para-hydroxylation sites is 1. The van der Waals surface area contributed by atoms with Crippen LogP contribution in [0.1, 0.15) is 39.9 Å². The van der Waals surface area contributed by atoms with E-state index in [1.165, 1.54) is 11.6 Å². The minimum Gasteiger partial charge on any atom is -0.339 e. The van der Waals surface area contributed by atoms with Crippen LogP contribution in [-0.2, 0) is 16.4 Å². The fourth-order valence-corrected chi connectivity index (χ4v) is 5.78. The highest BCUT2D eigenvalue weighted by Crippen LogP contribution is 2.26. The van der Waals surface area contributed by atoms with Gasteiger partial charge in [-0.3, -0.25) is 9.52 Å². The monoisotopic (exact) mass is 462 g/mol. The molecule has 33 heavy (non-hydrogen) atoms. The lowest BCUT2D eigenvalue weighted by molar-refractivity contribution is 0.0690. The SMILES string of the molecule is Cc1ccccc1NS(=O)(=O)c1cc(C(=O)N2CCC(Cc3ccccc3)CC2)ccc1C. The fourth-order valence-electron chi connectivity index (χ4n) is 4.38. The number of anilines is 1. The average Bonchev–Trinajstić information content (AvgIpc) is 2.81. The second-order valence-corrected chi connectivity index (χ2v) is 10.5. The molecule has 1 N–H and O–H groups in total. The molecule has 0 unspecified atom stereocenters. The van der Waals surface area contributed by atoms with Crippen LogP contribution in [0.2, 0.25) is 0 Å². The first kappa shape index (κ1) is 23.1. The van der Waals surface area contributed by atoms with Crippen molar-refractivity contribution in [2.75, 3.05) is 17.8 Å². The summed E-state index contributed by atoms with van der Waals surface area (Å²) in [6.07, 6.45) is 2.93. The number of hydrogen-bond donors (Lipinski definition) is 1. The van der Waals surface area contributed by atoms with Crippen molar-refractivity contribution >= 4 is 21.6 Å². The normalized spacial score (nSPS) is 14.8. The van der Waals surface area contributed by atoms with Gasteiger partial charge in [-0.15, -0.1) is 0 Å². The summed E-state index contributed by atoms with van der Waals surface area (Å²) in [5, 5.41) is 0. The molecule has 1 heterocycles. The summed E-state index contributed by atoms with van der Waals surface area (Å²) in [6, 6.07) is 22.6. The quantitative estimate of drug-likeness (QED) is 0.548. The van der Waals surface area contributed by atoms with Crippen LogP contribution in [0.4, 0.5) is 5.69 Å². The Hall–Kier alpha value is -3.12. The molecule has 6 heteroatoms. The van der Waals surface area contributed by atoms with Crippen LogP contribution in [-0.4, -0.2) is 32.3 Å². The molecule has 0 aliphatic carbocycles. The molecule has 0 radical (unpaired) electrons. The molecular weight excluding hydrogens is 432 g/mol. The lowest BCUT2D eigenvalue weighted by Gasteiger charge is -2.32. The molecule has 1 aliphatic rings. The fraction of sp³-hybridized carbons (Fsp3) is 0.296. The number of sulfonamides is 1. The van der Waals surface area contributed by atoms with Crippen molar-refractivity contribution in [3.05, 3.63) is 95.1 Å². The molecule has 1 amide bonds. The molecule has 3 aromatic carbocycles. The Morgan fingerprint density at radius 3 is 2.27 bits per heavy atom. The van der Waals surface area contributed by atoms with Gasteiger partial charge in [-0.05, 0) is 73.9 Å². The van der Waals surface area contributed by atoms with Crippen molar-refractivity contribution in [1.82, 2.24) is 4.90 Å². The molecule has 5 nitrogen and oxygen atoms in total. The van der Waals surface area contributed by atoms with E-state index in [0.29, 0.717) is 35.8 Å². The van der Waals surface area contributed by atoms with Crippen molar-refractivity contribution < 1.29 is 13.2 Å². The molecule has 0 aromatic heterocycles. The molecule has 1 aliphatic heterocycles. The van der Waals surface area contributed by atoms with Gasteiger partial charge in [-0.25, -0.2) is 8.42 Å². The maximum atomic E-state index is 13.2. The van der Waals surface area contributed by atoms with Gasteiger partial charge in [0.2, 0.25) is 0 Å². The summed E-state index contributed by atoms with van der Waals surface area (Å²) in [5.41, 5.74) is 3.72. The molecule has 1 fully saturated rings. The summed E-state index contributed by atoms with van der Waals surface area (Å²) in [7, 11) is -3.82. The van der Waals surface area contributed by atoms with E-state index < -0.39 is 10.0 Å². The third-order valence-corrected chi connectivity index (χ3v) is 7.89. The molecular formula is C27H30N2O3S. The molecule has 1 saturated heterocycles. The first-order chi connectivity index (χ1) is 15.8. The van der Waals surface area contributed by atoms with Crippen LogP contribution in [0.25, 0.3) is 0 Å². The maximum Gasteiger partial charge on any atom is 0.262 e. The number of aryl methyl sites for hydroxylation is 2. The third-order valence-electron chi connectivity index (χ3n) is 6.38. The molecule has 0 atom stereocenters. The second-order valence-electron chi connectivity index (χ2n) is 8.83. The number of likely N-dealkylation sites (tertiary alicyclic amines) is 1. The number of piperidine rings is 1. The van der Waals surface area contributed by atoms with E-state index in [0.717, 1.165) is 24.8 Å². The molecule has 172 valence electrons. The zero-order valence-corrected chi connectivity index (χ0v) is 19.9. The van der Waals surface area contributed by atoms with E-state index in [4.69, 9.17) is 0 Å². The van der Waals surface area contributed by atoms with E-state index in [2.05, 4.69) is 29.0 Å². The van der Waals surface area contributed by atoms with Crippen molar-refractivity contribution in [1.29, 1.82) is 0 Å². The summed E-state index contributed by atoms with van der Waals surface area (Å²) >= 11 is 0. The van der Waals surface area contributed by atoms with E-state index >= 15 is 0 Å². The van der Waals surface area contributed by atoms with Crippen LogP contribution in [0, 0.1) is 19.8 Å². The first-order valence-corrected chi connectivity index (χ1v) is 12.8. The molecule has 0 saturated carbocycles. The number of hydrogen-bond acceptors (Lipinski definition) is 3. The summed E-state index contributed by atoms with van der Waals surface area (Å²) in [5.74, 6) is 0.448. The number of carbonyl (C=O) groups is 1. The molecule has 0 spiro atoms. The zero-order valence-electron chi connectivity index (χ0n) is 19.1. The Morgan fingerprint density at radius 2 is 1.58 bits per heavy atom. The Morgan fingerprint density at radius 1 is 0.909 bits per heavy atom. The van der Waals surface area contributed by atoms with Crippen LogP contribution >= 0.6 is 0 Å². The number of rotatable bonds is 6. The van der Waals surface area contributed by atoms with Gasteiger partial charge < -0.3 is 4.90 Å². The third kappa shape index (κ3) is 5.45. The highest BCUT2D eigenvalue weighted by Gasteiger charge is 2.26. The Kier molecular flexibility index (Phi) is 6.84. The average molecular weight is 463 g/mol. The van der Waals surface area contributed by atoms with E-state index in [-0.39, 0.29) is 10.8 Å². The van der Waals surface area contributed by atoms with Gasteiger partial charge in [0, 0.05) is 18.7 Å². The Labute approximate surface area is 196 Å². The van der Waals surface area contributed by atoms with Gasteiger partial charge in [0.1, 0.15) is 0 Å². The summed E-state index contributed by atoms with van der Waals surface area (Å²) in [6.45, 7) is 4.98. The van der Waals surface area contributed by atoms with Gasteiger partial charge >= 0.3 is 0 Å². The van der Waals surface area contributed by atoms with E-state index in [1.54, 1.807) is 31.2 Å². The van der Waals surface area contributed by atoms with Gasteiger partial charge in [0.15, 0.2) is 0 Å². The number of nitrogens with one attached hydrogen (secondary N) is 1. The van der Waals surface area contributed by atoms with Gasteiger partial charge in [-0.2, -0.15) is 0 Å².